The highest BCUT2D eigenvalue weighted by Gasteiger charge is 2.09. The third-order valence-electron chi connectivity index (χ3n) is 4.03. The van der Waals surface area contributed by atoms with Gasteiger partial charge in [-0.2, -0.15) is 15.2 Å². The molecule has 0 bridgehead atoms. The highest BCUT2D eigenvalue weighted by molar-refractivity contribution is 5.75. The lowest BCUT2D eigenvalue weighted by molar-refractivity contribution is 0.183. The molecule has 0 saturated carbocycles. The fraction of sp³-hybridized carbons (Fsp3) is 0.222. The van der Waals surface area contributed by atoms with E-state index < -0.39 is 0 Å². The first-order valence-electron chi connectivity index (χ1n) is 8.46. The monoisotopic (exact) mass is 365 g/mol. The Bertz CT molecular complexity index is 1060. The largest absolute Gasteiger partial charge is 0.508 e. The van der Waals surface area contributed by atoms with Gasteiger partial charge in [-0.15, -0.1) is 0 Å². The summed E-state index contributed by atoms with van der Waals surface area (Å²) in [6, 6.07) is 7.09. The van der Waals surface area contributed by atoms with Crippen molar-refractivity contribution < 1.29 is 9.84 Å². The van der Waals surface area contributed by atoms with Gasteiger partial charge in [0.2, 0.25) is 5.95 Å². The fourth-order valence-electron chi connectivity index (χ4n) is 2.73. The minimum atomic E-state index is 0.228. The number of fused-ring (bicyclic) bond motifs is 1. The highest BCUT2D eigenvalue weighted by atomic mass is 16.5. The van der Waals surface area contributed by atoms with E-state index in [4.69, 9.17) is 4.74 Å². The maximum atomic E-state index is 9.64. The number of nitrogens with zero attached hydrogens (tertiary/aromatic N) is 6. The van der Waals surface area contributed by atoms with Crippen LogP contribution in [-0.2, 0) is 17.8 Å². The summed E-state index contributed by atoms with van der Waals surface area (Å²) in [5, 5.41) is 22.3. The molecule has 2 N–H and O–H groups in total. The lowest BCUT2D eigenvalue weighted by Crippen LogP contribution is -2.05. The molecule has 9 heteroatoms. The topological polar surface area (TPSA) is 103 Å². The highest BCUT2D eigenvalue weighted by Crippen LogP contribution is 2.18. The number of anilines is 2. The Balaban J connectivity index is 1.55. The van der Waals surface area contributed by atoms with Gasteiger partial charge in [0.05, 0.1) is 43.2 Å². The first-order valence-corrected chi connectivity index (χ1v) is 8.46. The van der Waals surface area contributed by atoms with Crippen LogP contribution in [-0.4, -0.2) is 48.4 Å². The third-order valence-corrected chi connectivity index (χ3v) is 4.03. The molecule has 0 fully saturated rings. The standard InChI is InChI=1S/C18H19N7O2/c1-27-6-5-24-12-15(10-20-24)22-18-19-8-14-9-21-25(17(14)23-18)11-13-3-2-4-16(26)7-13/h2-4,7-10,12,26H,5-6,11H2,1H3,(H,19,22,23). The van der Waals surface area contributed by atoms with E-state index in [2.05, 4.69) is 25.5 Å². The van der Waals surface area contributed by atoms with Crippen molar-refractivity contribution in [1.82, 2.24) is 29.5 Å². The first kappa shape index (κ1) is 17.0. The van der Waals surface area contributed by atoms with E-state index in [-0.39, 0.29) is 5.75 Å². The Kier molecular flexibility index (Phi) is 4.67. The SMILES string of the molecule is COCCn1cc(Nc2ncc3cnn(Cc4cccc(O)c4)c3n2)cn1. The molecule has 0 unspecified atom stereocenters. The Labute approximate surface area is 155 Å². The van der Waals surface area contributed by atoms with Crippen molar-refractivity contribution in [3.63, 3.8) is 0 Å². The molecular weight excluding hydrogens is 346 g/mol. The molecule has 0 aliphatic rings. The van der Waals surface area contributed by atoms with Gasteiger partial charge in [0.1, 0.15) is 5.75 Å². The molecule has 138 valence electrons. The number of hydrogen-bond donors (Lipinski definition) is 2. The summed E-state index contributed by atoms with van der Waals surface area (Å²) in [6.45, 7) is 1.77. The van der Waals surface area contributed by atoms with E-state index in [1.807, 2.05) is 12.3 Å². The number of aromatic nitrogens is 6. The van der Waals surface area contributed by atoms with Crippen LogP contribution in [0.25, 0.3) is 11.0 Å². The molecule has 1 aromatic carbocycles. The molecule has 3 heterocycles. The maximum absolute atomic E-state index is 9.64. The summed E-state index contributed by atoms with van der Waals surface area (Å²) in [6.07, 6.45) is 7.04. The fourth-order valence-corrected chi connectivity index (χ4v) is 2.73. The second kappa shape index (κ2) is 7.42. The third kappa shape index (κ3) is 3.87. The van der Waals surface area contributed by atoms with Crippen LogP contribution in [0.4, 0.5) is 11.6 Å². The molecule has 0 saturated heterocycles. The second-order valence-corrected chi connectivity index (χ2v) is 6.05. The lowest BCUT2D eigenvalue weighted by atomic mass is 10.2. The number of phenolic OH excluding ortho intramolecular Hbond substituents is 1. The van der Waals surface area contributed by atoms with Crippen LogP contribution in [0, 0.1) is 0 Å². The predicted molar refractivity (Wildman–Crippen MR) is 99.9 cm³/mol. The zero-order valence-corrected chi connectivity index (χ0v) is 14.8. The Hall–Kier alpha value is -3.46. The zero-order chi connectivity index (χ0) is 18.6. The van der Waals surface area contributed by atoms with Gasteiger partial charge < -0.3 is 15.2 Å². The van der Waals surface area contributed by atoms with Gasteiger partial charge in [0, 0.05) is 19.5 Å². The van der Waals surface area contributed by atoms with E-state index in [0.717, 1.165) is 16.6 Å². The van der Waals surface area contributed by atoms with Crippen molar-refractivity contribution >= 4 is 22.7 Å². The molecule has 0 amide bonds. The smallest absolute Gasteiger partial charge is 0.229 e. The molecular formula is C18H19N7O2. The number of methoxy groups -OCH3 is 1. The molecule has 0 atom stereocenters. The van der Waals surface area contributed by atoms with E-state index in [9.17, 15) is 5.11 Å². The van der Waals surface area contributed by atoms with Gasteiger partial charge in [-0.1, -0.05) is 12.1 Å². The van der Waals surface area contributed by atoms with E-state index in [1.165, 1.54) is 0 Å². The molecule has 4 aromatic rings. The van der Waals surface area contributed by atoms with Crippen LogP contribution in [0.3, 0.4) is 0 Å². The maximum Gasteiger partial charge on any atom is 0.229 e. The van der Waals surface area contributed by atoms with E-state index in [0.29, 0.717) is 31.3 Å². The summed E-state index contributed by atoms with van der Waals surface area (Å²) in [4.78, 5) is 8.91. The summed E-state index contributed by atoms with van der Waals surface area (Å²) >= 11 is 0. The van der Waals surface area contributed by atoms with Crippen molar-refractivity contribution in [2.45, 2.75) is 13.1 Å². The molecule has 3 aromatic heterocycles. The van der Waals surface area contributed by atoms with Gasteiger partial charge in [-0.05, 0) is 17.7 Å². The molecule has 9 nitrogen and oxygen atoms in total. The molecule has 27 heavy (non-hydrogen) atoms. The molecule has 0 radical (unpaired) electrons. The van der Waals surface area contributed by atoms with Gasteiger partial charge in [0.25, 0.3) is 0 Å². The number of phenols is 1. The number of rotatable bonds is 7. The Morgan fingerprint density at radius 2 is 2.11 bits per heavy atom. The Morgan fingerprint density at radius 3 is 2.96 bits per heavy atom. The molecule has 0 aliphatic carbocycles. The number of aromatic hydroxyl groups is 1. The van der Waals surface area contributed by atoms with Crippen LogP contribution < -0.4 is 5.32 Å². The number of ether oxygens (including phenoxy) is 1. The number of hydrogen-bond acceptors (Lipinski definition) is 7. The second-order valence-electron chi connectivity index (χ2n) is 6.05. The van der Waals surface area contributed by atoms with Gasteiger partial charge in [-0.25, -0.2) is 9.67 Å². The van der Waals surface area contributed by atoms with Crippen LogP contribution >= 0.6 is 0 Å². The van der Waals surface area contributed by atoms with Crippen molar-refractivity contribution in [2.24, 2.45) is 0 Å². The normalized spacial score (nSPS) is 11.1. The van der Waals surface area contributed by atoms with Gasteiger partial charge in [-0.3, -0.25) is 4.68 Å². The van der Waals surface area contributed by atoms with Crippen LogP contribution in [0.2, 0.25) is 0 Å². The minimum Gasteiger partial charge on any atom is -0.508 e. The van der Waals surface area contributed by atoms with Crippen molar-refractivity contribution in [1.29, 1.82) is 0 Å². The minimum absolute atomic E-state index is 0.228. The van der Waals surface area contributed by atoms with Crippen LogP contribution in [0.15, 0.2) is 49.1 Å². The van der Waals surface area contributed by atoms with Crippen LogP contribution in [0.1, 0.15) is 5.56 Å². The molecule has 0 aliphatic heterocycles. The molecule has 0 spiro atoms. The summed E-state index contributed by atoms with van der Waals surface area (Å²) < 4.78 is 8.62. The summed E-state index contributed by atoms with van der Waals surface area (Å²) in [7, 11) is 1.66. The van der Waals surface area contributed by atoms with E-state index in [1.54, 1.807) is 53.3 Å². The summed E-state index contributed by atoms with van der Waals surface area (Å²) in [5.74, 6) is 0.692. The number of benzene rings is 1. The van der Waals surface area contributed by atoms with Gasteiger partial charge >= 0.3 is 0 Å². The summed E-state index contributed by atoms with van der Waals surface area (Å²) in [5.41, 5.74) is 2.44. The van der Waals surface area contributed by atoms with Crippen molar-refractivity contribution in [2.75, 3.05) is 19.0 Å². The van der Waals surface area contributed by atoms with E-state index >= 15 is 0 Å². The van der Waals surface area contributed by atoms with Crippen LogP contribution in [0.5, 0.6) is 5.75 Å². The molecule has 4 rings (SSSR count). The average molecular weight is 365 g/mol. The predicted octanol–water partition coefficient (Wildman–Crippen LogP) is 2.17. The first-order chi connectivity index (χ1) is 13.2. The quantitative estimate of drug-likeness (QED) is 0.517. The van der Waals surface area contributed by atoms with Crippen molar-refractivity contribution in [3.8, 4) is 5.75 Å². The van der Waals surface area contributed by atoms with Gasteiger partial charge in [0.15, 0.2) is 5.65 Å². The van der Waals surface area contributed by atoms with Crippen molar-refractivity contribution in [3.05, 3.63) is 54.6 Å². The Morgan fingerprint density at radius 1 is 1.19 bits per heavy atom. The number of nitrogens with one attached hydrogen (secondary N) is 1. The lowest BCUT2D eigenvalue weighted by Gasteiger charge is -2.05. The zero-order valence-electron chi connectivity index (χ0n) is 14.8. The average Bonchev–Trinajstić information content (AvgIpc) is 3.27.